The largest absolute Gasteiger partial charge is 0.467 e. The van der Waals surface area contributed by atoms with Crippen LogP contribution >= 0.6 is 0 Å². The van der Waals surface area contributed by atoms with E-state index < -0.39 is 18.0 Å². The van der Waals surface area contributed by atoms with Gasteiger partial charge in [-0.05, 0) is 29.8 Å². The summed E-state index contributed by atoms with van der Waals surface area (Å²) in [4.78, 5) is 41.4. The molecule has 5 rings (SSSR count). The monoisotopic (exact) mass is 482 g/mol. The fraction of sp³-hybridized carbons (Fsp3) is 0.148. The van der Waals surface area contributed by atoms with E-state index in [1.54, 1.807) is 42.6 Å². The van der Waals surface area contributed by atoms with Crippen LogP contribution in [-0.4, -0.2) is 39.0 Å². The molecule has 9 nitrogen and oxygen atoms in total. The summed E-state index contributed by atoms with van der Waals surface area (Å²) < 4.78 is 11.8. The lowest BCUT2D eigenvalue weighted by Gasteiger charge is -2.14. The fourth-order valence-electron chi connectivity index (χ4n) is 4.12. The molecule has 0 saturated carbocycles. The molecule has 0 bridgehead atoms. The van der Waals surface area contributed by atoms with E-state index in [0.29, 0.717) is 33.9 Å². The van der Waals surface area contributed by atoms with Gasteiger partial charge in [-0.3, -0.25) is 4.79 Å². The topological polar surface area (TPSA) is 116 Å². The molecule has 5 aromatic rings. The van der Waals surface area contributed by atoms with Crippen LogP contribution in [0.15, 0.2) is 83.8 Å². The number of fused-ring (bicyclic) bond motifs is 2. The molecule has 2 aromatic heterocycles. The number of para-hydroxylation sites is 2. The molecule has 0 amide bonds. The summed E-state index contributed by atoms with van der Waals surface area (Å²) in [6.45, 7) is -0.160. The van der Waals surface area contributed by atoms with Gasteiger partial charge < -0.3 is 14.5 Å². The van der Waals surface area contributed by atoms with Crippen LogP contribution in [0.5, 0.6) is 0 Å². The van der Waals surface area contributed by atoms with E-state index >= 15 is 0 Å². The number of aromatic amines is 1. The molecule has 0 aliphatic rings. The molecule has 1 atom stereocenters. The minimum Gasteiger partial charge on any atom is -0.467 e. The summed E-state index contributed by atoms with van der Waals surface area (Å²) >= 11 is 0. The van der Waals surface area contributed by atoms with Crippen LogP contribution < -0.4 is 5.43 Å². The van der Waals surface area contributed by atoms with Crippen LogP contribution in [-0.2, 0) is 27.3 Å². The van der Waals surface area contributed by atoms with Gasteiger partial charge in [0.1, 0.15) is 12.3 Å². The summed E-state index contributed by atoms with van der Waals surface area (Å²) in [5.74, 6) is -1.07. The lowest BCUT2D eigenvalue weighted by atomic mass is 10.1. The van der Waals surface area contributed by atoms with Crippen LogP contribution in [0.25, 0.3) is 21.8 Å². The second-order valence-corrected chi connectivity index (χ2v) is 8.22. The molecule has 0 radical (unpaired) electrons. The van der Waals surface area contributed by atoms with Crippen molar-refractivity contribution in [3.8, 4) is 0 Å². The molecule has 180 valence electrons. The summed E-state index contributed by atoms with van der Waals surface area (Å²) in [5.41, 5.74) is 2.41. The highest BCUT2D eigenvalue weighted by atomic mass is 16.5. The first kappa shape index (κ1) is 23.0. The Hall–Kier alpha value is -4.79. The van der Waals surface area contributed by atoms with Gasteiger partial charge in [0, 0.05) is 22.7 Å². The summed E-state index contributed by atoms with van der Waals surface area (Å²) in [5, 5.41) is 9.05. The van der Waals surface area contributed by atoms with Crippen molar-refractivity contribution in [3.63, 3.8) is 0 Å². The van der Waals surface area contributed by atoms with Crippen molar-refractivity contribution in [2.24, 2.45) is 0 Å². The summed E-state index contributed by atoms with van der Waals surface area (Å²) in [6, 6.07) is 20.8. The predicted molar refractivity (Wildman–Crippen MR) is 132 cm³/mol. The number of carbonyl (C=O) groups excluding carboxylic acids is 2. The van der Waals surface area contributed by atoms with Gasteiger partial charge >= 0.3 is 11.9 Å². The Morgan fingerprint density at radius 1 is 0.972 bits per heavy atom. The molecule has 36 heavy (non-hydrogen) atoms. The zero-order chi connectivity index (χ0) is 25.1. The van der Waals surface area contributed by atoms with Crippen molar-refractivity contribution in [2.75, 3.05) is 7.11 Å². The SMILES string of the molecule is COC(=O)[C@@H](Cc1ccccc1)n1cc(COC(=O)c2cccc3c(=O)c4ccccc4[nH]c23)nn1. The fourth-order valence-corrected chi connectivity index (χ4v) is 4.12. The van der Waals surface area contributed by atoms with E-state index in [0.717, 1.165) is 5.56 Å². The van der Waals surface area contributed by atoms with Gasteiger partial charge in [-0.1, -0.05) is 53.7 Å². The van der Waals surface area contributed by atoms with E-state index in [2.05, 4.69) is 15.3 Å². The Kier molecular flexibility index (Phi) is 6.27. The maximum absolute atomic E-state index is 12.9. The molecule has 9 heteroatoms. The van der Waals surface area contributed by atoms with E-state index in [1.807, 2.05) is 36.4 Å². The average Bonchev–Trinajstić information content (AvgIpc) is 3.39. The Balaban J connectivity index is 1.36. The number of nitrogens with zero attached hydrogens (tertiary/aromatic N) is 3. The van der Waals surface area contributed by atoms with Crippen LogP contribution in [0.1, 0.15) is 27.7 Å². The van der Waals surface area contributed by atoms with Crippen LogP contribution in [0.4, 0.5) is 0 Å². The molecule has 1 N–H and O–H groups in total. The number of pyridine rings is 1. The number of carbonyl (C=O) groups is 2. The van der Waals surface area contributed by atoms with Gasteiger partial charge in [-0.25, -0.2) is 14.3 Å². The van der Waals surface area contributed by atoms with Crippen molar-refractivity contribution >= 4 is 33.7 Å². The Morgan fingerprint density at radius 3 is 2.53 bits per heavy atom. The van der Waals surface area contributed by atoms with Crippen molar-refractivity contribution in [1.29, 1.82) is 0 Å². The van der Waals surface area contributed by atoms with Crippen LogP contribution in [0.3, 0.4) is 0 Å². The minimum atomic E-state index is -0.717. The quantitative estimate of drug-likeness (QED) is 0.278. The van der Waals surface area contributed by atoms with Gasteiger partial charge in [0.15, 0.2) is 11.5 Å². The van der Waals surface area contributed by atoms with Crippen LogP contribution in [0.2, 0.25) is 0 Å². The zero-order valence-corrected chi connectivity index (χ0v) is 19.4. The summed E-state index contributed by atoms with van der Waals surface area (Å²) in [7, 11) is 1.32. The highest BCUT2D eigenvalue weighted by Crippen LogP contribution is 2.20. The number of nitrogens with one attached hydrogen (secondary N) is 1. The number of ether oxygens (including phenoxy) is 2. The highest BCUT2D eigenvalue weighted by Gasteiger charge is 2.24. The number of rotatable bonds is 7. The van der Waals surface area contributed by atoms with E-state index in [1.165, 1.54) is 11.8 Å². The first-order chi connectivity index (χ1) is 17.5. The van der Waals surface area contributed by atoms with Crippen molar-refractivity contribution in [1.82, 2.24) is 20.0 Å². The minimum absolute atomic E-state index is 0.160. The van der Waals surface area contributed by atoms with E-state index in [9.17, 15) is 14.4 Å². The zero-order valence-electron chi connectivity index (χ0n) is 19.4. The van der Waals surface area contributed by atoms with Gasteiger partial charge in [0.05, 0.1) is 24.4 Å². The maximum atomic E-state index is 12.9. The third kappa shape index (κ3) is 4.46. The number of H-pyrrole nitrogens is 1. The molecule has 0 fully saturated rings. The second kappa shape index (κ2) is 9.83. The molecule has 0 spiro atoms. The van der Waals surface area contributed by atoms with Gasteiger partial charge in [0.2, 0.25) is 0 Å². The first-order valence-electron chi connectivity index (χ1n) is 11.3. The van der Waals surface area contributed by atoms with Gasteiger partial charge in [-0.15, -0.1) is 5.10 Å². The number of methoxy groups -OCH3 is 1. The van der Waals surface area contributed by atoms with Crippen molar-refractivity contribution < 1.29 is 19.1 Å². The normalized spacial score (nSPS) is 11.9. The molecular formula is C27H22N4O5. The second-order valence-electron chi connectivity index (χ2n) is 8.22. The molecule has 3 aromatic carbocycles. The number of esters is 2. The number of hydrogen-bond acceptors (Lipinski definition) is 7. The molecule has 0 aliphatic carbocycles. The smallest absolute Gasteiger partial charge is 0.340 e. The number of aromatic nitrogens is 4. The first-order valence-corrected chi connectivity index (χ1v) is 11.3. The third-order valence-corrected chi connectivity index (χ3v) is 5.93. The molecular weight excluding hydrogens is 460 g/mol. The molecule has 0 saturated heterocycles. The lowest BCUT2D eigenvalue weighted by molar-refractivity contribution is -0.144. The summed E-state index contributed by atoms with van der Waals surface area (Å²) in [6.07, 6.45) is 1.92. The number of benzene rings is 3. The maximum Gasteiger partial charge on any atom is 0.340 e. The Labute approximate surface area is 205 Å². The van der Waals surface area contributed by atoms with Gasteiger partial charge in [0.25, 0.3) is 0 Å². The Bertz CT molecular complexity index is 1620. The van der Waals surface area contributed by atoms with E-state index in [-0.39, 0.29) is 17.6 Å². The van der Waals surface area contributed by atoms with Crippen LogP contribution in [0, 0.1) is 0 Å². The molecule has 0 aliphatic heterocycles. The van der Waals surface area contributed by atoms with Crippen molar-refractivity contribution in [2.45, 2.75) is 19.1 Å². The van der Waals surface area contributed by atoms with Crippen molar-refractivity contribution in [3.05, 3.63) is 106 Å². The molecule has 0 unspecified atom stereocenters. The lowest BCUT2D eigenvalue weighted by Crippen LogP contribution is -2.23. The average molecular weight is 482 g/mol. The highest BCUT2D eigenvalue weighted by molar-refractivity contribution is 6.05. The van der Waals surface area contributed by atoms with Gasteiger partial charge in [-0.2, -0.15) is 0 Å². The third-order valence-electron chi connectivity index (χ3n) is 5.93. The Morgan fingerprint density at radius 2 is 1.72 bits per heavy atom. The molecule has 2 heterocycles. The predicted octanol–water partition coefficient (Wildman–Crippen LogP) is 3.59. The number of hydrogen-bond donors (Lipinski definition) is 1. The van der Waals surface area contributed by atoms with E-state index in [4.69, 9.17) is 9.47 Å². The standard InChI is InChI=1S/C27H22N4O5/c1-35-27(34)23(14-17-8-3-2-4-9-17)31-15-18(29-30-31)16-36-26(33)21-12-7-11-20-24(21)28-22-13-6-5-10-19(22)25(20)32/h2-13,15,23H,14,16H2,1H3,(H,28,32)/t23-/m1/s1.